The maximum absolute atomic E-state index is 14.2. The molecule has 0 amide bonds. The molecular weight excluding hydrogens is 387 g/mol. The lowest BCUT2D eigenvalue weighted by Crippen LogP contribution is -2.40. The molecule has 2 aromatic carbocycles. The summed E-state index contributed by atoms with van der Waals surface area (Å²) in [6.45, 7) is 3.58. The first-order valence-electron chi connectivity index (χ1n) is 10.5. The molecule has 0 spiro atoms. The van der Waals surface area contributed by atoms with Gasteiger partial charge in [-0.1, -0.05) is 30.4 Å². The van der Waals surface area contributed by atoms with Crippen LogP contribution in [0.5, 0.6) is 0 Å². The highest BCUT2D eigenvalue weighted by Gasteiger charge is 2.22. The van der Waals surface area contributed by atoms with Crippen LogP contribution in [-0.4, -0.2) is 24.1 Å². The number of aromatic nitrogens is 1. The van der Waals surface area contributed by atoms with Gasteiger partial charge in [-0.05, 0) is 60.7 Å². The Morgan fingerprint density at radius 1 is 1.13 bits per heavy atom. The molecule has 0 unspecified atom stereocenters. The molecule has 1 aliphatic rings. The Kier molecular flexibility index (Phi) is 6.11. The quantitative estimate of drug-likeness (QED) is 0.642. The van der Waals surface area contributed by atoms with Crippen molar-refractivity contribution in [3.63, 3.8) is 0 Å². The number of rotatable bonds is 4. The average molecular weight is 413 g/mol. The fourth-order valence-corrected chi connectivity index (χ4v) is 4.07. The minimum Gasteiger partial charge on any atom is -0.370 e. The predicted molar refractivity (Wildman–Crippen MR) is 124 cm³/mol. The standard InChI is InChI=1S/C26H25FN4/c1-18-11-22(14-23(27)12-18)25-17-30-16-21(26(25)31-9-7-24(29)8-10-31)6-5-19-3-2-4-20(13-19)15-28/h2-6,11-14,16-17,24H,7-10,29H2,1H3. The summed E-state index contributed by atoms with van der Waals surface area (Å²) in [4.78, 5) is 6.78. The number of piperidine rings is 1. The number of hydrogen-bond donors (Lipinski definition) is 1. The van der Waals surface area contributed by atoms with Crippen molar-refractivity contribution < 1.29 is 4.39 Å². The smallest absolute Gasteiger partial charge is 0.124 e. The fraction of sp³-hybridized carbons (Fsp3) is 0.231. The van der Waals surface area contributed by atoms with E-state index < -0.39 is 0 Å². The van der Waals surface area contributed by atoms with Crippen LogP contribution in [0.2, 0.25) is 0 Å². The van der Waals surface area contributed by atoms with E-state index in [4.69, 9.17) is 11.0 Å². The second-order valence-corrected chi connectivity index (χ2v) is 8.04. The summed E-state index contributed by atoms with van der Waals surface area (Å²) >= 11 is 0. The first-order valence-corrected chi connectivity index (χ1v) is 10.5. The van der Waals surface area contributed by atoms with E-state index in [1.807, 2.05) is 55.7 Å². The third-order valence-corrected chi connectivity index (χ3v) is 5.63. The molecule has 1 aromatic heterocycles. The van der Waals surface area contributed by atoms with Gasteiger partial charge in [0.2, 0.25) is 0 Å². The van der Waals surface area contributed by atoms with Crippen molar-refractivity contribution in [1.82, 2.24) is 4.98 Å². The summed E-state index contributed by atoms with van der Waals surface area (Å²) in [5, 5.41) is 9.16. The molecule has 4 nitrogen and oxygen atoms in total. The third-order valence-electron chi connectivity index (χ3n) is 5.63. The van der Waals surface area contributed by atoms with Crippen LogP contribution in [0, 0.1) is 24.1 Å². The number of nitrogens with zero attached hydrogens (tertiary/aromatic N) is 3. The molecule has 156 valence electrons. The van der Waals surface area contributed by atoms with E-state index in [0.29, 0.717) is 5.56 Å². The van der Waals surface area contributed by atoms with Gasteiger partial charge in [0.25, 0.3) is 0 Å². The van der Waals surface area contributed by atoms with Crippen molar-refractivity contribution in [1.29, 1.82) is 5.26 Å². The number of nitriles is 1. The first-order chi connectivity index (χ1) is 15.0. The molecule has 3 aromatic rings. The van der Waals surface area contributed by atoms with Gasteiger partial charge in [-0.2, -0.15) is 5.26 Å². The minimum absolute atomic E-state index is 0.214. The largest absolute Gasteiger partial charge is 0.370 e. The maximum Gasteiger partial charge on any atom is 0.124 e. The number of benzene rings is 2. The highest BCUT2D eigenvalue weighted by atomic mass is 19.1. The topological polar surface area (TPSA) is 65.9 Å². The Balaban J connectivity index is 1.80. The molecule has 2 heterocycles. The Bertz CT molecular complexity index is 1130. The van der Waals surface area contributed by atoms with E-state index in [0.717, 1.165) is 59.4 Å². The van der Waals surface area contributed by atoms with Gasteiger partial charge >= 0.3 is 0 Å². The molecule has 31 heavy (non-hydrogen) atoms. The second kappa shape index (κ2) is 9.11. The number of halogens is 1. The number of hydrogen-bond acceptors (Lipinski definition) is 4. The maximum atomic E-state index is 14.2. The molecule has 5 heteroatoms. The Hall–Kier alpha value is -3.49. The lowest BCUT2D eigenvalue weighted by molar-refractivity contribution is 0.501. The van der Waals surface area contributed by atoms with Crippen LogP contribution < -0.4 is 10.6 Å². The molecule has 1 fully saturated rings. The molecule has 0 radical (unpaired) electrons. The van der Waals surface area contributed by atoms with Gasteiger partial charge in [-0.25, -0.2) is 4.39 Å². The van der Waals surface area contributed by atoms with Gasteiger partial charge in [0.05, 0.1) is 17.3 Å². The van der Waals surface area contributed by atoms with Crippen LogP contribution in [0.15, 0.2) is 54.9 Å². The highest BCUT2D eigenvalue weighted by molar-refractivity contribution is 5.87. The zero-order valence-electron chi connectivity index (χ0n) is 17.6. The van der Waals surface area contributed by atoms with E-state index in [1.54, 1.807) is 12.1 Å². The summed E-state index contributed by atoms with van der Waals surface area (Å²) in [6, 6.07) is 14.9. The molecule has 1 aliphatic heterocycles. The first kappa shape index (κ1) is 20.8. The lowest BCUT2D eigenvalue weighted by Gasteiger charge is -2.34. The fourth-order valence-electron chi connectivity index (χ4n) is 4.07. The number of nitrogens with two attached hydrogens (primary N) is 1. The van der Waals surface area contributed by atoms with Crippen molar-refractivity contribution in [3.05, 3.63) is 82.9 Å². The summed E-state index contributed by atoms with van der Waals surface area (Å²) < 4.78 is 14.2. The number of pyridine rings is 1. The molecule has 0 atom stereocenters. The molecule has 0 saturated carbocycles. The highest BCUT2D eigenvalue weighted by Crippen LogP contribution is 2.36. The van der Waals surface area contributed by atoms with Crippen LogP contribution in [-0.2, 0) is 0 Å². The van der Waals surface area contributed by atoms with Gasteiger partial charge in [0, 0.05) is 42.7 Å². The molecule has 0 bridgehead atoms. The van der Waals surface area contributed by atoms with Gasteiger partial charge < -0.3 is 10.6 Å². The Morgan fingerprint density at radius 3 is 2.68 bits per heavy atom. The van der Waals surface area contributed by atoms with E-state index in [-0.39, 0.29) is 11.9 Å². The lowest BCUT2D eigenvalue weighted by atomic mass is 9.97. The summed E-state index contributed by atoms with van der Waals surface area (Å²) in [7, 11) is 0. The molecular formula is C26H25FN4. The average Bonchev–Trinajstić information content (AvgIpc) is 2.77. The van der Waals surface area contributed by atoms with Crippen molar-refractivity contribution >= 4 is 17.8 Å². The summed E-state index contributed by atoms with van der Waals surface area (Å²) in [5.41, 5.74) is 12.3. The van der Waals surface area contributed by atoms with Crippen LogP contribution >= 0.6 is 0 Å². The summed E-state index contributed by atoms with van der Waals surface area (Å²) in [5.74, 6) is -0.254. The summed E-state index contributed by atoms with van der Waals surface area (Å²) in [6.07, 6.45) is 9.48. The van der Waals surface area contributed by atoms with Gasteiger partial charge in [-0.15, -0.1) is 0 Å². The normalized spacial score (nSPS) is 14.7. The van der Waals surface area contributed by atoms with E-state index in [1.165, 1.54) is 6.07 Å². The SMILES string of the molecule is Cc1cc(F)cc(-c2cncc(C=Cc3cccc(C#N)c3)c2N2CCC(N)CC2)c1. The van der Waals surface area contributed by atoms with E-state index in [9.17, 15) is 4.39 Å². The zero-order chi connectivity index (χ0) is 21.8. The van der Waals surface area contributed by atoms with Crippen LogP contribution in [0.1, 0.15) is 35.1 Å². The molecule has 4 rings (SSSR count). The van der Waals surface area contributed by atoms with Crippen LogP contribution in [0.4, 0.5) is 10.1 Å². The van der Waals surface area contributed by atoms with Gasteiger partial charge in [0.1, 0.15) is 5.82 Å². The minimum atomic E-state index is -0.254. The Morgan fingerprint density at radius 2 is 1.94 bits per heavy atom. The number of anilines is 1. The third kappa shape index (κ3) is 4.82. The molecule has 1 saturated heterocycles. The second-order valence-electron chi connectivity index (χ2n) is 8.04. The van der Waals surface area contributed by atoms with E-state index in [2.05, 4.69) is 16.0 Å². The number of aryl methyl sites for hydroxylation is 1. The van der Waals surface area contributed by atoms with Gasteiger partial charge in [-0.3, -0.25) is 4.98 Å². The van der Waals surface area contributed by atoms with Crippen LogP contribution in [0.3, 0.4) is 0 Å². The molecule has 2 N–H and O–H groups in total. The van der Waals surface area contributed by atoms with Crippen LogP contribution in [0.25, 0.3) is 23.3 Å². The van der Waals surface area contributed by atoms with Crippen molar-refractivity contribution in [2.75, 3.05) is 18.0 Å². The predicted octanol–water partition coefficient (Wildman–Crippen LogP) is 5.17. The van der Waals surface area contributed by atoms with E-state index >= 15 is 0 Å². The molecule has 0 aliphatic carbocycles. The monoisotopic (exact) mass is 412 g/mol. The van der Waals surface area contributed by atoms with Crippen molar-refractivity contribution in [3.8, 4) is 17.2 Å². The Labute approximate surface area is 182 Å². The van der Waals surface area contributed by atoms with Crippen molar-refractivity contribution in [2.24, 2.45) is 5.73 Å². The zero-order valence-corrected chi connectivity index (χ0v) is 17.6. The van der Waals surface area contributed by atoms with Gasteiger partial charge in [0.15, 0.2) is 0 Å². The van der Waals surface area contributed by atoms with Crippen molar-refractivity contribution in [2.45, 2.75) is 25.8 Å².